The smallest absolute Gasteiger partial charge is 0.343 e. The highest BCUT2D eigenvalue weighted by Crippen LogP contribution is 2.55. The minimum atomic E-state index is -0.609. The Morgan fingerprint density at radius 2 is 1.54 bits per heavy atom. The zero-order chi connectivity index (χ0) is 32.2. The van der Waals surface area contributed by atoms with Crippen LogP contribution in [-0.2, 0) is 9.53 Å². The van der Waals surface area contributed by atoms with Crippen LogP contribution >= 0.6 is 23.1 Å². The van der Waals surface area contributed by atoms with E-state index in [4.69, 9.17) is 28.7 Å². The van der Waals surface area contributed by atoms with Gasteiger partial charge in [-0.1, -0.05) is 30.5 Å². The Bertz CT molecular complexity index is 1960. The number of aromatic nitrogens is 1. The molecule has 0 fully saturated rings. The van der Waals surface area contributed by atoms with E-state index in [1.807, 2.05) is 25.1 Å². The molecule has 232 valence electrons. The van der Waals surface area contributed by atoms with Gasteiger partial charge < -0.3 is 29.0 Å². The van der Waals surface area contributed by atoms with Crippen molar-refractivity contribution in [3.63, 3.8) is 0 Å². The molecule has 10 nitrogen and oxygen atoms in total. The van der Waals surface area contributed by atoms with Gasteiger partial charge in [0.1, 0.15) is 27.6 Å². The van der Waals surface area contributed by atoms with E-state index in [2.05, 4.69) is 11.9 Å². The van der Waals surface area contributed by atoms with Crippen molar-refractivity contribution >= 4 is 56.9 Å². The summed E-state index contributed by atoms with van der Waals surface area (Å²) in [6, 6.07) is 22.0. The van der Waals surface area contributed by atoms with Crippen LogP contribution in [0.25, 0.3) is 10.2 Å². The molecular formula is C34H26N2O8S2. The summed E-state index contributed by atoms with van der Waals surface area (Å²) < 4.78 is 28.1. The monoisotopic (exact) mass is 654 g/mol. The van der Waals surface area contributed by atoms with Crippen molar-refractivity contribution in [3.8, 4) is 23.0 Å². The molecule has 0 saturated heterocycles. The van der Waals surface area contributed by atoms with Gasteiger partial charge in [-0.15, -0.1) is 11.3 Å². The molecule has 2 heterocycles. The number of carbonyl (C=O) groups is 3. The molecule has 0 aliphatic carbocycles. The van der Waals surface area contributed by atoms with Gasteiger partial charge in [-0.05, 0) is 79.2 Å². The third-order valence-electron chi connectivity index (χ3n) is 6.86. The van der Waals surface area contributed by atoms with E-state index in [9.17, 15) is 14.4 Å². The third kappa shape index (κ3) is 6.53. The maximum atomic E-state index is 13.2. The van der Waals surface area contributed by atoms with Gasteiger partial charge in [-0.2, -0.15) is 0 Å². The third-order valence-corrected chi connectivity index (χ3v) is 9.50. The van der Waals surface area contributed by atoms with E-state index in [1.165, 1.54) is 23.9 Å². The van der Waals surface area contributed by atoms with E-state index < -0.39 is 17.9 Å². The van der Waals surface area contributed by atoms with Crippen LogP contribution in [0.3, 0.4) is 0 Å². The molecule has 5 aromatic rings. The minimum Gasteiger partial charge on any atom is -0.497 e. The first-order chi connectivity index (χ1) is 22.3. The summed E-state index contributed by atoms with van der Waals surface area (Å²) in [7, 11) is 1.55. The first kappa shape index (κ1) is 30.7. The second-order valence-electron chi connectivity index (χ2n) is 9.85. The second-order valence-corrected chi connectivity index (χ2v) is 12.0. The van der Waals surface area contributed by atoms with Gasteiger partial charge in [0, 0.05) is 6.08 Å². The predicted octanol–water partition coefficient (Wildman–Crippen LogP) is 7.33. The summed E-state index contributed by atoms with van der Waals surface area (Å²) >= 11 is 2.99. The molecular weight excluding hydrogens is 629 g/mol. The molecule has 1 atom stereocenters. The summed E-state index contributed by atoms with van der Waals surface area (Å²) in [6.07, 6.45) is 1.03. The van der Waals surface area contributed by atoms with Crippen LogP contribution in [-0.4, -0.2) is 36.8 Å². The molecule has 0 saturated carbocycles. The van der Waals surface area contributed by atoms with Crippen molar-refractivity contribution < 1.29 is 38.1 Å². The standard InChI is InChI=1S/C34H26N2O8S2/c1-4-27(37)42-18-41-23-14-10-21(11-15-23)34(39)44-26-17-16-25(43-33(38)20-8-12-22(40-3)13-9-20)28-30(26)46-32(36-28)31-35-24-7-5-6-19(2)29(24)45-31/h4-17,32,36H,1,18H2,2-3H3. The normalized spacial score (nSPS) is 13.3. The Labute approximate surface area is 271 Å². The zero-order valence-electron chi connectivity index (χ0n) is 24.6. The number of carbonyl (C=O) groups excluding carboxylic acids is 3. The number of nitrogens with zero attached hydrogens (tertiary/aromatic N) is 1. The number of hydrogen-bond donors (Lipinski definition) is 1. The summed E-state index contributed by atoms with van der Waals surface area (Å²) in [4.78, 5) is 42.9. The first-order valence-corrected chi connectivity index (χ1v) is 15.6. The fraction of sp³-hybridized carbons (Fsp3) is 0.118. The fourth-order valence-corrected chi connectivity index (χ4v) is 6.84. The largest absolute Gasteiger partial charge is 0.497 e. The number of thioether (sulfide) groups is 1. The highest BCUT2D eigenvalue weighted by Gasteiger charge is 2.33. The van der Waals surface area contributed by atoms with Crippen LogP contribution in [0.4, 0.5) is 5.69 Å². The molecule has 1 aliphatic heterocycles. The molecule has 1 aromatic heterocycles. The molecule has 0 radical (unpaired) electrons. The lowest BCUT2D eigenvalue weighted by Crippen LogP contribution is -2.11. The Balaban J connectivity index is 1.25. The van der Waals surface area contributed by atoms with Crippen LogP contribution in [0.1, 0.15) is 36.7 Å². The van der Waals surface area contributed by atoms with Crippen LogP contribution < -0.4 is 24.3 Å². The summed E-state index contributed by atoms with van der Waals surface area (Å²) in [5.41, 5.74) is 3.15. The SMILES string of the molecule is C=CC(=O)OCOc1ccc(C(=O)Oc2ccc(OC(=O)c3ccc(OC)cc3)c3c2SC(c2nc4cccc(C)c4s2)N3)cc1. The number of ether oxygens (including phenoxy) is 5. The summed E-state index contributed by atoms with van der Waals surface area (Å²) in [5, 5.41) is 3.93. The number of hydrogen-bond acceptors (Lipinski definition) is 12. The van der Waals surface area contributed by atoms with E-state index in [0.717, 1.165) is 26.9 Å². The van der Waals surface area contributed by atoms with Gasteiger partial charge >= 0.3 is 17.9 Å². The number of aryl methyl sites for hydroxylation is 1. The van der Waals surface area contributed by atoms with Crippen LogP contribution in [0, 0.1) is 6.92 Å². The molecule has 46 heavy (non-hydrogen) atoms. The van der Waals surface area contributed by atoms with Crippen LogP contribution in [0.15, 0.2) is 96.4 Å². The first-order valence-electron chi connectivity index (χ1n) is 13.9. The highest BCUT2D eigenvalue weighted by molar-refractivity contribution is 8.00. The average Bonchev–Trinajstić information content (AvgIpc) is 3.73. The van der Waals surface area contributed by atoms with Crippen molar-refractivity contribution in [2.75, 3.05) is 19.2 Å². The van der Waals surface area contributed by atoms with Gasteiger partial charge in [0.2, 0.25) is 6.79 Å². The van der Waals surface area contributed by atoms with Gasteiger partial charge in [-0.3, -0.25) is 0 Å². The van der Waals surface area contributed by atoms with Crippen molar-refractivity contribution in [2.24, 2.45) is 0 Å². The average molecular weight is 655 g/mol. The van der Waals surface area contributed by atoms with Crippen LogP contribution in [0.5, 0.6) is 23.0 Å². The summed E-state index contributed by atoms with van der Waals surface area (Å²) in [6.45, 7) is 5.07. The van der Waals surface area contributed by atoms with Gasteiger partial charge in [0.05, 0.1) is 39.0 Å². The lowest BCUT2D eigenvalue weighted by molar-refractivity contribution is -0.144. The maximum absolute atomic E-state index is 13.2. The molecule has 4 aromatic carbocycles. The second kappa shape index (κ2) is 13.3. The Morgan fingerprint density at radius 1 is 0.891 bits per heavy atom. The van der Waals surface area contributed by atoms with E-state index >= 15 is 0 Å². The van der Waals surface area contributed by atoms with E-state index in [1.54, 1.807) is 67.0 Å². The molecule has 1 N–H and O–H groups in total. The number of rotatable bonds is 10. The molecule has 12 heteroatoms. The van der Waals surface area contributed by atoms with Crippen LogP contribution in [0.2, 0.25) is 0 Å². The van der Waals surface area contributed by atoms with Gasteiger partial charge in [0.15, 0.2) is 5.75 Å². The number of fused-ring (bicyclic) bond motifs is 2. The quantitative estimate of drug-likeness (QED) is 0.0705. The lowest BCUT2D eigenvalue weighted by atomic mass is 10.2. The lowest BCUT2D eigenvalue weighted by Gasteiger charge is -2.13. The number of esters is 3. The maximum Gasteiger partial charge on any atom is 0.343 e. The topological polar surface area (TPSA) is 122 Å². The predicted molar refractivity (Wildman–Crippen MR) is 174 cm³/mol. The zero-order valence-corrected chi connectivity index (χ0v) is 26.2. The fourth-order valence-electron chi connectivity index (χ4n) is 4.52. The Morgan fingerprint density at radius 3 is 2.20 bits per heavy atom. The Kier molecular flexibility index (Phi) is 8.90. The molecule has 0 bridgehead atoms. The van der Waals surface area contributed by atoms with Crippen molar-refractivity contribution in [1.29, 1.82) is 0 Å². The van der Waals surface area contributed by atoms with Crippen molar-refractivity contribution in [1.82, 2.24) is 4.98 Å². The number of anilines is 1. The number of nitrogens with one attached hydrogen (secondary N) is 1. The molecule has 6 rings (SSSR count). The number of benzene rings is 4. The summed E-state index contributed by atoms with van der Waals surface area (Å²) in [5.74, 6) is -0.184. The molecule has 1 unspecified atom stereocenters. The number of thiazole rings is 1. The molecule has 0 amide bonds. The minimum absolute atomic E-state index is 0.272. The van der Waals surface area contributed by atoms with E-state index in [0.29, 0.717) is 33.4 Å². The molecule has 0 spiro atoms. The highest BCUT2D eigenvalue weighted by atomic mass is 32.2. The molecule has 1 aliphatic rings. The van der Waals surface area contributed by atoms with Crippen molar-refractivity contribution in [3.05, 3.63) is 113 Å². The van der Waals surface area contributed by atoms with Gasteiger partial charge in [0.25, 0.3) is 0 Å². The number of methoxy groups -OCH3 is 1. The van der Waals surface area contributed by atoms with Gasteiger partial charge in [-0.25, -0.2) is 19.4 Å². The van der Waals surface area contributed by atoms with Crippen molar-refractivity contribution in [2.45, 2.75) is 17.2 Å². The Hall–Kier alpha value is -5.33. The van der Waals surface area contributed by atoms with E-state index in [-0.39, 0.29) is 23.5 Å².